The van der Waals surface area contributed by atoms with E-state index in [1.165, 1.54) is 12.1 Å². The molecule has 1 aromatic heterocycles. The number of hydrogen-bond acceptors (Lipinski definition) is 4. The van der Waals surface area contributed by atoms with Gasteiger partial charge in [-0.25, -0.2) is 9.37 Å². The van der Waals surface area contributed by atoms with Crippen LogP contribution in [-0.2, 0) is 18.7 Å². The Balaban J connectivity index is 1.58. The number of amides is 1. The molecule has 0 radical (unpaired) electrons. The third-order valence-electron chi connectivity index (χ3n) is 5.00. The van der Waals surface area contributed by atoms with Crippen molar-refractivity contribution in [3.05, 3.63) is 87.3 Å². The van der Waals surface area contributed by atoms with Crippen molar-refractivity contribution < 1.29 is 19.0 Å². The second kappa shape index (κ2) is 7.81. The first-order chi connectivity index (χ1) is 14.2. The first-order valence-corrected chi connectivity index (χ1v) is 10.2. The second-order valence-electron chi connectivity index (χ2n) is 7.74. The van der Waals surface area contributed by atoms with E-state index < -0.39 is 11.4 Å². The van der Waals surface area contributed by atoms with Gasteiger partial charge < -0.3 is 14.7 Å². The lowest BCUT2D eigenvalue weighted by Crippen LogP contribution is -2.23. The molecule has 3 aromatic rings. The van der Waals surface area contributed by atoms with Crippen LogP contribution in [0.3, 0.4) is 0 Å². The lowest BCUT2D eigenvalue weighted by molar-refractivity contribution is 0.0763. The highest BCUT2D eigenvalue weighted by atomic mass is 79.9. The zero-order valence-corrected chi connectivity index (χ0v) is 18.1. The average molecular weight is 471 g/mol. The molecule has 1 N–H and O–H groups in total. The van der Waals surface area contributed by atoms with E-state index in [9.17, 15) is 14.3 Å². The van der Waals surface area contributed by atoms with Crippen LogP contribution in [0.5, 0.6) is 11.6 Å². The van der Waals surface area contributed by atoms with E-state index in [2.05, 4.69) is 20.9 Å². The van der Waals surface area contributed by atoms with Crippen LogP contribution < -0.4 is 4.74 Å². The first kappa shape index (κ1) is 20.5. The van der Waals surface area contributed by atoms with Gasteiger partial charge in [0.15, 0.2) is 11.6 Å². The molecule has 1 aliphatic rings. The number of benzene rings is 2. The topological polar surface area (TPSA) is 62.7 Å². The summed E-state index contributed by atoms with van der Waals surface area (Å²) in [6, 6.07) is 13.8. The molecule has 30 heavy (non-hydrogen) atoms. The Hall–Kier alpha value is -2.77. The number of carbonyl (C=O) groups is 1. The number of halogens is 2. The number of nitrogens with zero attached hydrogens (tertiary/aromatic N) is 2. The number of carbonyl (C=O) groups excluding carboxylic acids is 1. The Kier molecular flexibility index (Phi) is 5.34. The van der Waals surface area contributed by atoms with Crippen LogP contribution in [-0.4, -0.2) is 20.9 Å². The van der Waals surface area contributed by atoms with Crippen LogP contribution >= 0.6 is 15.9 Å². The van der Waals surface area contributed by atoms with E-state index in [4.69, 9.17) is 4.74 Å². The predicted octanol–water partition coefficient (Wildman–Crippen LogP) is 5.16. The van der Waals surface area contributed by atoms with Crippen molar-refractivity contribution in [2.24, 2.45) is 0 Å². The molecule has 4 rings (SSSR count). The number of aliphatic hydroxyl groups is 1. The summed E-state index contributed by atoms with van der Waals surface area (Å²) in [4.78, 5) is 18.9. The lowest BCUT2D eigenvalue weighted by atomic mass is 9.98. The predicted molar refractivity (Wildman–Crippen MR) is 114 cm³/mol. The summed E-state index contributed by atoms with van der Waals surface area (Å²) in [6.45, 7) is 4.04. The Morgan fingerprint density at radius 2 is 1.93 bits per heavy atom. The maximum Gasteiger partial charge on any atom is 0.260 e. The molecule has 0 fully saturated rings. The Morgan fingerprint density at radius 1 is 1.20 bits per heavy atom. The molecule has 0 spiro atoms. The van der Waals surface area contributed by atoms with Crippen LogP contribution in [0.15, 0.2) is 59.2 Å². The second-order valence-corrected chi connectivity index (χ2v) is 8.66. The third kappa shape index (κ3) is 4.08. The molecule has 2 aromatic carbocycles. The van der Waals surface area contributed by atoms with Crippen molar-refractivity contribution in [1.82, 2.24) is 9.88 Å². The maximum absolute atomic E-state index is 14.5. The molecule has 0 saturated heterocycles. The fourth-order valence-electron chi connectivity index (χ4n) is 3.36. The third-order valence-corrected chi connectivity index (χ3v) is 5.53. The van der Waals surface area contributed by atoms with Gasteiger partial charge in [-0.2, -0.15) is 0 Å². The largest absolute Gasteiger partial charge is 0.435 e. The number of pyridine rings is 1. The molecular formula is C23H20BrFN2O3. The van der Waals surface area contributed by atoms with Gasteiger partial charge in [-0.3, -0.25) is 4.79 Å². The fourth-order valence-corrected chi connectivity index (χ4v) is 3.62. The molecule has 0 unspecified atom stereocenters. The van der Waals surface area contributed by atoms with E-state index in [0.29, 0.717) is 24.2 Å². The molecular weight excluding hydrogens is 451 g/mol. The highest BCUT2D eigenvalue weighted by molar-refractivity contribution is 9.10. The summed E-state index contributed by atoms with van der Waals surface area (Å²) < 4.78 is 21.2. The fraction of sp³-hybridized carbons (Fsp3) is 0.217. The van der Waals surface area contributed by atoms with Gasteiger partial charge in [-0.15, -0.1) is 0 Å². The number of rotatable bonds is 5. The van der Waals surface area contributed by atoms with Gasteiger partial charge in [0.05, 0.1) is 5.60 Å². The van der Waals surface area contributed by atoms with Gasteiger partial charge in [0.2, 0.25) is 5.88 Å². The molecule has 0 bridgehead atoms. The van der Waals surface area contributed by atoms with Crippen LogP contribution in [0.1, 0.15) is 40.9 Å². The van der Waals surface area contributed by atoms with Gasteiger partial charge in [0.1, 0.15) is 5.56 Å². The molecule has 1 amide bonds. The molecule has 0 saturated carbocycles. The van der Waals surface area contributed by atoms with Crippen LogP contribution in [0.25, 0.3) is 0 Å². The molecule has 7 heteroatoms. The van der Waals surface area contributed by atoms with Crippen LogP contribution in [0.4, 0.5) is 4.39 Å². The van der Waals surface area contributed by atoms with E-state index >= 15 is 0 Å². The summed E-state index contributed by atoms with van der Waals surface area (Å²) in [6.07, 6.45) is 1.55. The first-order valence-electron chi connectivity index (χ1n) is 9.44. The van der Waals surface area contributed by atoms with Crippen molar-refractivity contribution in [2.45, 2.75) is 32.5 Å². The Labute approximate surface area is 182 Å². The van der Waals surface area contributed by atoms with E-state index in [-0.39, 0.29) is 17.5 Å². The van der Waals surface area contributed by atoms with Gasteiger partial charge in [0, 0.05) is 23.8 Å². The number of ether oxygens (including phenoxy) is 1. The molecule has 0 aliphatic carbocycles. The Bertz CT molecular complexity index is 1110. The van der Waals surface area contributed by atoms with Gasteiger partial charge in [0.25, 0.3) is 5.91 Å². The highest BCUT2D eigenvalue weighted by Gasteiger charge is 2.32. The zero-order valence-electron chi connectivity index (χ0n) is 16.5. The highest BCUT2D eigenvalue weighted by Crippen LogP contribution is 2.34. The van der Waals surface area contributed by atoms with Crippen molar-refractivity contribution >= 4 is 21.8 Å². The number of fused-ring (bicyclic) bond motifs is 1. The number of hydrogen-bond donors (Lipinski definition) is 1. The SMILES string of the molecule is CC(C)(O)c1ccc(Oc2nccc3c2C(=O)N(Cc2ccc(Br)cc2)C3)c(F)c1. The Morgan fingerprint density at radius 3 is 2.60 bits per heavy atom. The molecule has 1 aliphatic heterocycles. The van der Waals surface area contributed by atoms with Gasteiger partial charge in [-0.05, 0) is 60.9 Å². The summed E-state index contributed by atoms with van der Waals surface area (Å²) in [5, 5.41) is 10.0. The minimum Gasteiger partial charge on any atom is -0.435 e. The standard InChI is InChI=1S/C23H20BrFN2O3/c1-23(2,29)16-5-8-19(18(25)11-16)30-21-20-15(9-10-26-21)13-27(22(20)28)12-14-3-6-17(24)7-4-14/h3-11,29H,12-13H2,1-2H3. The summed E-state index contributed by atoms with van der Waals surface area (Å²) in [5.74, 6) is -0.815. The zero-order chi connectivity index (χ0) is 21.5. The molecule has 2 heterocycles. The lowest BCUT2D eigenvalue weighted by Gasteiger charge is -2.18. The van der Waals surface area contributed by atoms with E-state index in [1.807, 2.05) is 24.3 Å². The molecule has 5 nitrogen and oxygen atoms in total. The smallest absolute Gasteiger partial charge is 0.260 e. The monoisotopic (exact) mass is 470 g/mol. The minimum absolute atomic E-state index is 0.0527. The van der Waals surface area contributed by atoms with Crippen LogP contribution in [0, 0.1) is 5.82 Å². The van der Waals surface area contributed by atoms with E-state index in [0.717, 1.165) is 15.6 Å². The quantitative estimate of drug-likeness (QED) is 0.559. The minimum atomic E-state index is -1.17. The summed E-state index contributed by atoms with van der Waals surface area (Å²) in [5.41, 5.74) is 1.39. The van der Waals surface area contributed by atoms with Crippen molar-refractivity contribution in [3.63, 3.8) is 0 Å². The van der Waals surface area contributed by atoms with Crippen molar-refractivity contribution in [2.75, 3.05) is 0 Å². The molecule has 154 valence electrons. The molecule has 0 atom stereocenters. The van der Waals surface area contributed by atoms with Crippen molar-refractivity contribution in [1.29, 1.82) is 0 Å². The summed E-state index contributed by atoms with van der Waals surface area (Å²) >= 11 is 3.41. The normalized spacial score (nSPS) is 13.5. The van der Waals surface area contributed by atoms with E-state index in [1.54, 1.807) is 37.1 Å². The average Bonchev–Trinajstić information content (AvgIpc) is 3.01. The maximum atomic E-state index is 14.5. The number of aromatic nitrogens is 1. The van der Waals surface area contributed by atoms with Crippen molar-refractivity contribution in [3.8, 4) is 11.6 Å². The van der Waals surface area contributed by atoms with Crippen LogP contribution in [0.2, 0.25) is 0 Å². The van der Waals surface area contributed by atoms with Gasteiger partial charge in [-0.1, -0.05) is 34.1 Å². The summed E-state index contributed by atoms with van der Waals surface area (Å²) in [7, 11) is 0. The van der Waals surface area contributed by atoms with Gasteiger partial charge >= 0.3 is 0 Å².